The molecule has 0 atom stereocenters. The Hall–Kier alpha value is 0.0600. The predicted molar refractivity (Wildman–Crippen MR) is 87.7 cm³/mol. The molecule has 0 amide bonds. The van der Waals surface area contributed by atoms with Gasteiger partial charge in [0, 0.05) is 18.5 Å². The zero-order valence-corrected chi connectivity index (χ0v) is 14.5. The normalized spacial score (nSPS) is 16.2. The molecular weight excluding hydrogens is 478 g/mol. The number of anilines is 1. The Balaban J connectivity index is 1.87. The van der Waals surface area contributed by atoms with Crippen molar-refractivity contribution in [2.75, 3.05) is 31.2 Å². The summed E-state index contributed by atoms with van der Waals surface area (Å²) in [4.78, 5) is 11.2. The fraction of sp³-hybridized carbons (Fsp3) is 0.400. The fourth-order valence-electron chi connectivity index (χ4n) is 1.74. The molecule has 0 aliphatic carbocycles. The number of nitrogens with zero attached hydrogens (tertiary/aromatic N) is 4. The van der Waals surface area contributed by atoms with E-state index in [0.29, 0.717) is 0 Å². The van der Waals surface area contributed by atoms with Crippen LogP contribution in [0.1, 0.15) is 0 Å². The molecule has 0 bridgehead atoms. The number of halogens is 2. The summed E-state index contributed by atoms with van der Waals surface area (Å²) in [7, 11) is 0. The Morgan fingerprint density at radius 1 is 1.28 bits per heavy atom. The molecule has 2 aromatic rings. The van der Waals surface area contributed by atoms with Gasteiger partial charge >= 0.3 is 0 Å². The van der Waals surface area contributed by atoms with Crippen LogP contribution in [0.15, 0.2) is 11.7 Å². The Morgan fingerprint density at radius 3 is 2.72 bits per heavy atom. The highest BCUT2D eigenvalue weighted by atomic mass is 127. The van der Waals surface area contributed by atoms with Crippen molar-refractivity contribution >= 4 is 61.7 Å². The molecule has 1 fully saturated rings. The number of hydrogen-bond acceptors (Lipinski definition) is 5. The first-order chi connectivity index (χ1) is 8.75. The SMILES string of the molecule is Ic1ncn(-c2csc(N3CCOCC3)n2)c1I. The van der Waals surface area contributed by atoms with E-state index in [9.17, 15) is 0 Å². The predicted octanol–water partition coefficient (Wildman–Crippen LogP) is 2.37. The first-order valence-electron chi connectivity index (χ1n) is 5.42. The van der Waals surface area contributed by atoms with Crippen LogP contribution in [0, 0.1) is 7.40 Å². The molecule has 96 valence electrons. The van der Waals surface area contributed by atoms with Gasteiger partial charge in [-0.05, 0) is 45.2 Å². The third kappa shape index (κ3) is 2.51. The third-order valence-electron chi connectivity index (χ3n) is 2.68. The largest absolute Gasteiger partial charge is 0.378 e. The highest BCUT2D eigenvalue weighted by Gasteiger charge is 2.16. The average molecular weight is 488 g/mol. The topological polar surface area (TPSA) is 43.2 Å². The Bertz CT molecular complexity index is 550. The second-order valence-corrected chi connectivity index (χ2v) is 6.66. The van der Waals surface area contributed by atoms with Crippen molar-refractivity contribution in [2.45, 2.75) is 0 Å². The van der Waals surface area contributed by atoms with Crippen LogP contribution in [0.4, 0.5) is 5.13 Å². The van der Waals surface area contributed by atoms with Crippen molar-refractivity contribution in [3.8, 4) is 5.82 Å². The number of aromatic nitrogens is 3. The van der Waals surface area contributed by atoms with Gasteiger partial charge in [-0.1, -0.05) is 0 Å². The molecule has 1 aliphatic heterocycles. The van der Waals surface area contributed by atoms with Crippen LogP contribution in [-0.4, -0.2) is 40.8 Å². The van der Waals surface area contributed by atoms with Gasteiger partial charge in [-0.15, -0.1) is 11.3 Å². The Kier molecular flexibility index (Phi) is 4.06. The van der Waals surface area contributed by atoms with Crippen LogP contribution in [0.3, 0.4) is 0 Å². The summed E-state index contributed by atoms with van der Waals surface area (Å²) in [5.74, 6) is 0.946. The van der Waals surface area contributed by atoms with Crippen LogP contribution in [0.2, 0.25) is 0 Å². The lowest BCUT2D eigenvalue weighted by molar-refractivity contribution is 0.122. The van der Waals surface area contributed by atoms with E-state index in [1.807, 2.05) is 10.9 Å². The smallest absolute Gasteiger partial charge is 0.187 e. The van der Waals surface area contributed by atoms with Crippen LogP contribution in [0.25, 0.3) is 5.82 Å². The average Bonchev–Trinajstić information content (AvgIpc) is 3.00. The van der Waals surface area contributed by atoms with E-state index >= 15 is 0 Å². The van der Waals surface area contributed by atoms with Gasteiger partial charge in [-0.2, -0.15) is 0 Å². The molecule has 0 spiro atoms. The lowest BCUT2D eigenvalue weighted by Gasteiger charge is -2.25. The molecule has 0 saturated carbocycles. The summed E-state index contributed by atoms with van der Waals surface area (Å²) in [5, 5.41) is 3.14. The van der Waals surface area contributed by atoms with Gasteiger partial charge in [-0.25, -0.2) is 9.97 Å². The maximum absolute atomic E-state index is 5.35. The molecule has 1 saturated heterocycles. The minimum atomic E-state index is 0.787. The van der Waals surface area contributed by atoms with E-state index in [1.54, 1.807) is 11.3 Å². The summed E-state index contributed by atoms with van der Waals surface area (Å²) in [6.07, 6.45) is 1.82. The number of rotatable bonds is 2. The first kappa shape index (κ1) is 13.1. The second-order valence-electron chi connectivity index (χ2n) is 3.78. The van der Waals surface area contributed by atoms with E-state index in [0.717, 1.165) is 44.7 Å². The van der Waals surface area contributed by atoms with Gasteiger partial charge in [0.2, 0.25) is 0 Å². The van der Waals surface area contributed by atoms with Gasteiger partial charge in [0.1, 0.15) is 13.7 Å². The summed E-state index contributed by atoms with van der Waals surface area (Å²) < 4.78 is 9.48. The van der Waals surface area contributed by atoms with Crippen molar-refractivity contribution in [1.29, 1.82) is 0 Å². The minimum absolute atomic E-state index is 0.787. The fourth-order valence-corrected chi connectivity index (χ4v) is 3.49. The number of thiazole rings is 1. The molecule has 0 aromatic carbocycles. The van der Waals surface area contributed by atoms with Crippen molar-refractivity contribution in [2.24, 2.45) is 0 Å². The molecule has 0 N–H and O–H groups in total. The van der Waals surface area contributed by atoms with Crippen LogP contribution >= 0.6 is 56.5 Å². The Labute approximate surface area is 136 Å². The molecule has 3 heterocycles. The maximum atomic E-state index is 5.35. The van der Waals surface area contributed by atoms with Crippen LogP contribution in [-0.2, 0) is 4.74 Å². The van der Waals surface area contributed by atoms with E-state index in [2.05, 4.69) is 65.4 Å². The van der Waals surface area contributed by atoms with E-state index < -0.39 is 0 Å². The van der Waals surface area contributed by atoms with Gasteiger partial charge in [0.15, 0.2) is 10.9 Å². The second kappa shape index (κ2) is 5.59. The number of imidazole rings is 1. The Morgan fingerprint density at radius 2 is 2.06 bits per heavy atom. The highest BCUT2D eigenvalue weighted by Crippen LogP contribution is 2.25. The van der Waals surface area contributed by atoms with Gasteiger partial charge in [-0.3, -0.25) is 4.57 Å². The molecule has 2 aromatic heterocycles. The van der Waals surface area contributed by atoms with Crippen LogP contribution < -0.4 is 4.90 Å². The lowest BCUT2D eigenvalue weighted by Crippen LogP contribution is -2.36. The van der Waals surface area contributed by atoms with Crippen molar-refractivity contribution in [3.05, 3.63) is 19.1 Å². The third-order valence-corrected chi connectivity index (χ3v) is 6.42. The molecule has 5 nitrogen and oxygen atoms in total. The summed E-state index contributed by atoms with van der Waals surface area (Å²) in [6, 6.07) is 0. The van der Waals surface area contributed by atoms with Crippen LogP contribution in [0.5, 0.6) is 0 Å². The summed E-state index contributed by atoms with van der Waals surface area (Å²) in [5.41, 5.74) is 0. The maximum Gasteiger partial charge on any atom is 0.187 e. The molecule has 0 unspecified atom stereocenters. The summed E-state index contributed by atoms with van der Waals surface area (Å²) in [6.45, 7) is 3.42. The lowest BCUT2D eigenvalue weighted by atomic mass is 10.5. The highest BCUT2D eigenvalue weighted by molar-refractivity contribution is 14.1. The van der Waals surface area contributed by atoms with E-state index in [1.165, 1.54) is 0 Å². The standard InChI is InChI=1S/C10H10I2N4OS/c11-8-9(12)16(6-13-8)7-5-18-10(14-7)15-1-3-17-4-2-15/h5-6H,1-4H2. The zero-order valence-electron chi connectivity index (χ0n) is 9.34. The summed E-state index contributed by atoms with van der Waals surface area (Å²) >= 11 is 6.20. The minimum Gasteiger partial charge on any atom is -0.378 e. The van der Waals surface area contributed by atoms with Crippen molar-refractivity contribution in [1.82, 2.24) is 14.5 Å². The zero-order chi connectivity index (χ0) is 12.5. The molecule has 3 rings (SSSR count). The first-order valence-corrected chi connectivity index (χ1v) is 8.46. The van der Waals surface area contributed by atoms with Gasteiger partial charge in [0.25, 0.3) is 0 Å². The molecule has 8 heteroatoms. The number of morpholine rings is 1. The molecule has 18 heavy (non-hydrogen) atoms. The monoisotopic (exact) mass is 488 g/mol. The quantitative estimate of drug-likeness (QED) is 0.610. The van der Waals surface area contributed by atoms with Crippen molar-refractivity contribution < 1.29 is 4.74 Å². The van der Waals surface area contributed by atoms with E-state index in [4.69, 9.17) is 4.74 Å². The number of hydrogen-bond donors (Lipinski definition) is 0. The molecular formula is C10H10I2N4OS. The molecule has 0 radical (unpaired) electrons. The van der Waals surface area contributed by atoms with Gasteiger partial charge in [0.05, 0.1) is 13.2 Å². The van der Waals surface area contributed by atoms with Crippen molar-refractivity contribution in [3.63, 3.8) is 0 Å². The van der Waals surface area contributed by atoms with Gasteiger partial charge < -0.3 is 9.64 Å². The number of ether oxygens (including phenoxy) is 1. The molecule has 1 aliphatic rings. The van der Waals surface area contributed by atoms with E-state index in [-0.39, 0.29) is 0 Å².